The first-order valence-corrected chi connectivity index (χ1v) is 5.86. The lowest BCUT2D eigenvalue weighted by Gasteiger charge is -2.30. The van der Waals surface area contributed by atoms with Crippen molar-refractivity contribution in [2.45, 2.75) is 25.4 Å². The van der Waals surface area contributed by atoms with E-state index in [0.29, 0.717) is 6.17 Å². The van der Waals surface area contributed by atoms with Gasteiger partial charge in [-0.25, -0.2) is 0 Å². The zero-order valence-corrected chi connectivity index (χ0v) is 10.6. The van der Waals surface area contributed by atoms with Gasteiger partial charge in [0.2, 0.25) is 0 Å². The van der Waals surface area contributed by atoms with Crippen LogP contribution in [0.25, 0.3) is 0 Å². The summed E-state index contributed by atoms with van der Waals surface area (Å²) in [7, 11) is 8.47. The maximum atomic E-state index is 2.43. The van der Waals surface area contributed by atoms with Crippen LogP contribution in [-0.4, -0.2) is 62.1 Å². The molecular formula is C12H25N3. The Hall–Kier alpha value is -0.540. The highest BCUT2D eigenvalue weighted by Crippen LogP contribution is 2.09. The topological polar surface area (TPSA) is 9.72 Å². The summed E-state index contributed by atoms with van der Waals surface area (Å²) in [5, 5.41) is 0. The average Bonchev–Trinajstić information content (AvgIpc) is 2.18. The minimum Gasteiger partial charge on any atom is -0.378 e. The molecular weight excluding hydrogens is 186 g/mol. The molecule has 0 saturated carbocycles. The molecule has 0 atom stereocenters. The highest BCUT2D eigenvalue weighted by atomic mass is 15.3. The van der Waals surface area contributed by atoms with Crippen LogP contribution in [0.2, 0.25) is 0 Å². The van der Waals surface area contributed by atoms with Crippen molar-refractivity contribution >= 4 is 0 Å². The molecule has 88 valence electrons. The molecule has 0 aromatic heterocycles. The Balaban J connectivity index is 2.45. The molecule has 0 radical (unpaired) electrons. The molecule has 0 bridgehead atoms. The number of likely N-dealkylation sites (N-methyl/N-ethyl adjacent to an activating group) is 2. The Bertz CT molecular complexity index is 185. The first-order valence-electron chi connectivity index (χ1n) is 5.86. The number of piperidine rings is 1. The van der Waals surface area contributed by atoms with Gasteiger partial charge in [-0.05, 0) is 59.7 Å². The molecule has 0 unspecified atom stereocenters. The lowest BCUT2D eigenvalue weighted by molar-refractivity contribution is 0.171. The number of hydrogen-bond acceptors (Lipinski definition) is 3. The van der Waals surface area contributed by atoms with Gasteiger partial charge in [0, 0.05) is 13.1 Å². The van der Waals surface area contributed by atoms with E-state index in [4.69, 9.17) is 0 Å². The molecule has 0 N–H and O–H groups in total. The molecule has 0 amide bonds. The van der Waals surface area contributed by atoms with E-state index in [1.807, 2.05) is 0 Å². The molecule has 3 nitrogen and oxygen atoms in total. The van der Waals surface area contributed by atoms with E-state index < -0.39 is 0 Å². The van der Waals surface area contributed by atoms with Gasteiger partial charge in [-0.2, -0.15) is 0 Å². The van der Waals surface area contributed by atoms with Crippen LogP contribution >= 0.6 is 0 Å². The summed E-state index contributed by atoms with van der Waals surface area (Å²) >= 11 is 0. The Kier molecular flexibility index (Phi) is 5.12. The van der Waals surface area contributed by atoms with Gasteiger partial charge in [0.1, 0.15) is 0 Å². The molecule has 15 heavy (non-hydrogen) atoms. The van der Waals surface area contributed by atoms with Crippen LogP contribution in [0.4, 0.5) is 0 Å². The molecule has 1 heterocycles. The Labute approximate surface area is 94.3 Å². The van der Waals surface area contributed by atoms with Crippen LogP contribution in [0.3, 0.4) is 0 Å². The van der Waals surface area contributed by atoms with Crippen molar-refractivity contribution in [2.24, 2.45) is 0 Å². The molecule has 1 saturated heterocycles. The quantitative estimate of drug-likeness (QED) is 0.651. The van der Waals surface area contributed by atoms with Gasteiger partial charge in [0.25, 0.3) is 0 Å². The number of likely N-dealkylation sites (tertiary alicyclic amines) is 1. The van der Waals surface area contributed by atoms with Crippen LogP contribution in [0.15, 0.2) is 12.3 Å². The summed E-state index contributed by atoms with van der Waals surface area (Å²) in [5.74, 6) is 0. The molecule has 1 rings (SSSR count). The molecule has 0 spiro atoms. The van der Waals surface area contributed by atoms with Crippen LogP contribution in [0.5, 0.6) is 0 Å². The van der Waals surface area contributed by atoms with E-state index in [9.17, 15) is 0 Å². The Morgan fingerprint density at radius 2 is 1.47 bits per heavy atom. The molecule has 1 fully saturated rings. The first kappa shape index (κ1) is 12.5. The third-order valence-electron chi connectivity index (χ3n) is 2.92. The molecule has 1 aliphatic rings. The van der Waals surface area contributed by atoms with E-state index in [-0.39, 0.29) is 0 Å². The molecule has 0 aromatic rings. The largest absolute Gasteiger partial charge is 0.378 e. The molecule has 3 heteroatoms. The zero-order chi connectivity index (χ0) is 11.3. The maximum absolute atomic E-state index is 2.43. The smallest absolute Gasteiger partial charge is 0.0822 e. The second-order valence-electron chi connectivity index (χ2n) is 4.78. The normalized spacial score (nSPS) is 18.7. The SMILES string of the molecule is CN(C)C(C=CN1CCCCC1)N(C)C. The lowest BCUT2D eigenvalue weighted by atomic mass is 10.1. The Morgan fingerprint density at radius 1 is 0.933 bits per heavy atom. The minimum absolute atomic E-state index is 0.395. The third kappa shape index (κ3) is 4.22. The van der Waals surface area contributed by atoms with E-state index >= 15 is 0 Å². The van der Waals surface area contributed by atoms with Crippen molar-refractivity contribution in [1.82, 2.24) is 14.7 Å². The lowest BCUT2D eigenvalue weighted by Crippen LogP contribution is -2.39. The van der Waals surface area contributed by atoms with Crippen molar-refractivity contribution in [2.75, 3.05) is 41.3 Å². The summed E-state index contributed by atoms with van der Waals surface area (Å²) in [6.07, 6.45) is 9.04. The van der Waals surface area contributed by atoms with Crippen molar-refractivity contribution in [3.05, 3.63) is 12.3 Å². The summed E-state index contributed by atoms with van der Waals surface area (Å²) in [5.41, 5.74) is 0. The van der Waals surface area contributed by atoms with Gasteiger partial charge in [-0.15, -0.1) is 0 Å². The molecule has 0 aromatic carbocycles. The number of hydrogen-bond donors (Lipinski definition) is 0. The standard InChI is InChI=1S/C12H25N3/c1-13(2)12(14(3)4)8-11-15-9-6-5-7-10-15/h8,11-12H,5-7,9-10H2,1-4H3. The molecule has 1 aliphatic heterocycles. The predicted molar refractivity (Wildman–Crippen MR) is 65.7 cm³/mol. The van der Waals surface area contributed by atoms with Crippen molar-refractivity contribution in [3.63, 3.8) is 0 Å². The van der Waals surface area contributed by atoms with Crippen LogP contribution in [0, 0.1) is 0 Å². The van der Waals surface area contributed by atoms with Crippen LogP contribution in [-0.2, 0) is 0 Å². The summed E-state index contributed by atoms with van der Waals surface area (Å²) in [4.78, 5) is 6.88. The fourth-order valence-corrected chi connectivity index (χ4v) is 2.07. The van der Waals surface area contributed by atoms with E-state index in [0.717, 1.165) is 0 Å². The van der Waals surface area contributed by atoms with Gasteiger partial charge in [-0.3, -0.25) is 9.80 Å². The predicted octanol–water partition coefficient (Wildman–Crippen LogP) is 1.44. The molecule has 0 aliphatic carbocycles. The van der Waals surface area contributed by atoms with E-state index in [1.54, 1.807) is 0 Å². The number of nitrogens with zero attached hydrogens (tertiary/aromatic N) is 3. The zero-order valence-electron chi connectivity index (χ0n) is 10.6. The van der Waals surface area contributed by atoms with E-state index in [1.165, 1.54) is 32.4 Å². The van der Waals surface area contributed by atoms with Gasteiger partial charge in [-0.1, -0.05) is 0 Å². The van der Waals surface area contributed by atoms with Gasteiger partial charge in [0.05, 0.1) is 6.17 Å². The van der Waals surface area contributed by atoms with Crippen molar-refractivity contribution < 1.29 is 0 Å². The summed E-state index contributed by atoms with van der Waals surface area (Å²) < 4.78 is 0. The van der Waals surface area contributed by atoms with Crippen molar-refractivity contribution in [1.29, 1.82) is 0 Å². The van der Waals surface area contributed by atoms with Crippen LogP contribution < -0.4 is 0 Å². The van der Waals surface area contributed by atoms with E-state index in [2.05, 4.69) is 55.2 Å². The number of rotatable bonds is 4. The van der Waals surface area contributed by atoms with Gasteiger partial charge in [0.15, 0.2) is 0 Å². The Morgan fingerprint density at radius 3 is 1.93 bits per heavy atom. The highest BCUT2D eigenvalue weighted by molar-refractivity contribution is 4.92. The third-order valence-corrected chi connectivity index (χ3v) is 2.92. The van der Waals surface area contributed by atoms with Gasteiger partial charge >= 0.3 is 0 Å². The highest BCUT2D eigenvalue weighted by Gasteiger charge is 2.11. The summed E-state index contributed by atoms with van der Waals surface area (Å²) in [6.45, 7) is 2.45. The summed E-state index contributed by atoms with van der Waals surface area (Å²) in [6, 6.07) is 0. The fourth-order valence-electron chi connectivity index (χ4n) is 2.07. The second kappa shape index (κ2) is 6.13. The minimum atomic E-state index is 0.395. The van der Waals surface area contributed by atoms with Crippen molar-refractivity contribution in [3.8, 4) is 0 Å². The fraction of sp³-hybridized carbons (Fsp3) is 0.833. The van der Waals surface area contributed by atoms with Crippen LogP contribution in [0.1, 0.15) is 19.3 Å². The average molecular weight is 211 g/mol. The monoisotopic (exact) mass is 211 g/mol. The maximum Gasteiger partial charge on any atom is 0.0822 e. The second-order valence-corrected chi connectivity index (χ2v) is 4.78. The van der Waals surface area contributed by atoms with Gasteiger partial charge < -0.3 is 4.90 Å². The first-order chi connectivity index (χ1) is 7.11.